The van der Waals surface area contributed by atoms with Crippen molar-refractivity contribution in [2.75, 3.05) is 13.7 Å². The summed E-state index contributed by atoms with van der Waals surface area (Å²) < 4.78 is 5.75. The van der Waals surface area contributed by atoms with Crippen LogP contribution in [0.4, 0.5) is 0 Å². The van der Waals surface area contributed by atoms with E-state index in [9.17, 15) is 0 Å². The van der Waals surface area contributed by atoms with Gasteiger partial charge in [0.25, 0.3) is 0 Å². The molecule has 0 heterocycles. The molecule has 1 aromatic rings. The Bertz CT molecular complexity index is 290. The summed E-state index contributed by atoms with van der Waals surface area (Å²) in [5.41, 5.74) is 1.40. The van der Waals surface area contributed by atoms with E-state index in [-0.39, 0.29) is 0 Å². The third-order valence-corrected chi connectivity index (χ3v) is 3.09. The van der Waals surface area contributed by atoms with Gasteiger partial charge in [-0.1, -0.05) is 32.4 Å². The van der Waals surface area contributed by atoms with E-state index in [1.165, 1.54) is 24.8 Å². The summed E-state index contributed by atoms with van der Waals surface area (Å²) in [6.45, 7) is 5.12. The first kappa shape index (κ1) is 14.0. The number of hydrogen-bond donors (Lipinski definition) is 1. The van der Waals surface area contributed by atoms with Crippen molar-refractivity contribution in [1.82, 2.24) is 5.32 Å². The lowest BCUT2D eigenvalue weighted by molar-refractivity contribution is 0.267. The summed E-state index contributed by atoms with van der Waals surface area (Å²) in [4.78, 5) is 0. The Balaban J connectivity index is 2.39. The van der Waals surface area contributed by atoms with Gasteiger partial charge in [0.15, 0.2) is 0 Å². The SMILES string of the molecule is CCCCc1ccc(OCC(CC)NC)cc1. The maximum Gasteiger partial charge on any atom is 0.119 e. The van der Waals surface area contributed by atoms with Gasteiger partial charge in [0, 0.05) is 6.04 Å². The van der Waals surface area contributed by atoms with Crippen molar-refractivity contribution in [2.24, 2.45) is 0 Å². The minimum Gasteiger partial charge on any atom is -0.492 e. The molecule has 0 aliphatic rings. The number of rotatable bonds is 8. The first-order valence-electron chi connectivity index (χ1n) is 6.69. The van der Waals surface area contributed by atoms with E-state index in [1.807, 2.05) is 7.05 Å². The Morgan fingerprint density at radius 2 is 1.88 bits per heavy atom. The molecule has 0 amide bonds. The zero-order chi connectivity index (χ0) is 12.5. The van der Waals surface area contributed by atoms with Crippen molar-refractivity contribution < 1.29 is 4.74 Å². The number of unbranched alkanes of at least 4 members (excludes halogenated alkanes) is 1. The fourth-order valence-electron chi connectivity index (χ4n) is 1.74. The van der Waals surface area contributed by atoms with E-state index in [1.54, 1.807) is 0 Å². The van der Waals surface area contributed by atoms with Crippen LogP contribution in [-0.4, -0.2) is 19.7 Å². The van der Waals surface area contributed by atoms with Crippen molar-refractivity contribution in [3.63, 3.8) is 0 Å². The van der Waals surface area contributed by atoms with Crippen LogP contribution < -0.4 is 10.1 Å². The van der Waals surface area contributed by atoms with Gasteiger partial charge < -0.3 is 10.1 Å². The van der Waals surface area contributed by atoms with Crippen LogP contribution in [0.15, 0.2) is 24.3 Å². The highest BCUT2D eigenvalue weighted by molar-refractivity contribution is 5.27. The largest absolute Gasteiger partial charge is 0.492 e. The zero-order valence-electron chi connectivity index (χ0n) is 11.3. The van der Waals surface area contributed by atoms with E-state index in [0.29, 0.717) is 6.04 Å². The average molecular weight is 235 g/mol. The number of likely N-dealkylation sites (N-methyl/N-ethyl adjacent to an activating group) is 1. The summed E-state index contributed by atoms with van der Waals surface area (Å²) in [5, 5.41) is 3.24. The molecule has 0 fully saturated rings. The molecule has 1 aromatic carbocycles. The number of ether oxygens (including phenoxy) is 1. The molecule has 1 rings (SSSR count). The first-order valence-corrected chi connectivity index (χ1v) is 6.69. The van der Waals surface area contributed by atoms with Crippen LogP contribution >= 0.6 is 0 Å². The van der Waals surface area contributed by atoms with E-state index >= 15 is 0 Å². The van der Waals surface area contributed by atoms with Crippen molar-refractivity contribution >= 4 is 0 Å². The molecule has 0 aliphatic carbocycles. The highest BCUT2D eigenvalue weighted by Crippen LogP contribution is 2.14. The Labute approximate surface area is 105 Å². The molecule has 1 N–H and O–H groups in total. The van der Waals surface area contributed by atoms with Crippen molar-refractivity contribution in [1.29, 1.82) is 0 Å². The maximum atomic E-state index is 5.75. The lowest BCUT2D eigenvalue weighted by atomic mass is 10.1. The molecule has 1 atom stereocenters. The third kappa shape index (κ3) is 5.22. The predicted molar refractivity (Wildman–Crippen MR) is 73.7 cm³/mol. The molecule has 0 spiro atoms. The van der Waals surface area contributed by atoms with E-state index in [2.05, 4.69) is 43.4 Å². The summed E-state index contributed by atoms with van der Waals surface area (Å²) in [6.07, 6.45) is 4.77. The van der Waals surface area contributed by atoms with Crippen molar-refractivity contribution in [3.8, 4) is 5.75 Å². The van der Waals surface area contributed by atoms with Gasteiger partial charge in [0.05, 0.1) is 0 Å². The number of hydrogen-bond acceptors (Lipinski definition) is 2. The van der Waals surface area contributed by atoms with Crippen LogP contribution in [0.1, 0.15) is 38.7 Å². The van der Waals surface area contributed by atoms with Crippen molar-refractivity contribution in [2.45, 2.75) is 45.6 Å². The van der Waals surface area contributed by atoms with Crippen LogP contribution in [-0.2, 0) is 6.42 Å². The zero-order valence-corrected chi connectivity index (χ0v) is 11.3. The highest BCUT2D eigenvalue weighted by Gasteiger charge is 2.03. The molecule has 0 bridgehead atoms. The molecule has 0 aromatic heterocycles. The van der Waals surface area contributed by atoms with Gasteiger partial charge >= 0.3 is 0 Å². The fraction of sp³-hybridized carbons (Fsp3) is 0.600. The van der Waals surface area contributed by atoms with Crippen LogP contribution in [0, 0.1) is 0 Å². The van der Waals surface area contributed by atoms with Gasteiger partial charge in [0.2, 0.25) is 0 Å². The molecule has 0 saturated carbocycles. The van der Waals surface area contributed by atoms with Crippen LogP contribution in [0.25, 0.3) is 0 Å². The van der Waals surface area contributed by atoms with Gasteiger partial charge in [-0.05, 0) is 44.0 Å². The number of nitrogens with one attached hydrogen (secondary N) is 1. The van der Waals surface area contributed by atoms with Crippen LogP contribution in [0.2, 0.25) is 0 Å². The second kappa shape index (κ2) is 8.13. The number of benzene rings is 1. The van der Waals surface area contributed by atoms with Gasteiger partial charge in [-0.25, -0.2) is 0 Å². The van der Waals surface area contributed by atoms with Gasteiger partial charge in [0.1, 0.15) is 12.4 Å². The summed E-state index contributed by atoms with van der Waals surface area (Å²) in [6, 6.07) is 8.94. The fourth-order valence-corrected chi connectivity index (χ4v) is 1.74. The lowest BCUT2D eigenvalue weighted by Gasteiger charge is -2.15. The minimum absolute atomic E-state index is 0.440. The Hall–Kier alpha value is -1.02. The highest BCUT2D eigenvalue weighted by atomic mass is 16.5. The van der Waals surface area contributed by atoms with Gasteiger partial charge in [-0.15, -0.1) is 0 Å². The van der Waals surface area contributed by atoms with E-state index in [4.69, 9.17) is 4.74 Å². The molecule has 2 nitrogen and oxygen atoms in total. The monoisotopic (exact) mass is 235 g/mol. The number of aryl methyl sites for hydroxylation is 1. The Kier molecular flexibility index (Phi) is 6.71. The molecular formula is C15H25NO. The molecule has 96 valence electrons. The molecule has 0 aliphatic heterocycles. The van der Waals surface area contributed by atoms with Gasteiger partial charge in [-0.2, -0.15) is 0 Å². The third-order valence-electron chi connectivity index (χ3n) is 3.09. The topological polar surface area (TPSA) is 21.3 Å². The normalized spacial score (nSPS) is 12.4. The second-order valence-corrected chi connectivity index (χ2v) is 4.45. The summed E-state index contributed by atoms with van der Waals surface area (Å²) in [7, 11) is 1.98. The van der Waals surface area contributed by atoms with E-state index < -0.39 is 0 Å². The standard InChI is InChI=1S/C15H25NO/c1-4-6-7-13-8-10-15(11-9-13)17-12-14(5-2)16-3/h8-11,14,16H,4-7,12H2,1-3H3. The minimum atomic E-state index is 0.440. The summed E-state index contributed by atoms with van der Waals surface area (Å²) in [5.74, 6) is 0.971. The molecule has 1 unspecified atom stereocenters. The Morgan fingerprint density at radius 1 is 1.18 bits per heavy atom. The van der Waals surface area contributed by atoms with Crippen LogP contribution in [0.5, 0.6) is 5.75 Å². The molecule has 0 saturated heterocycles. The molecule has 2 heteroatoms. The van der Waals surface area contributed by atoms with Crippen molar-refractivity contribution in [3.05, 3.63) is 29.8 Å². The molecule has 17 heavy (non-hydrogen) atoms. The summed E-state index contributed by atoms with van der Waals surface area (Å²) >= 11 is 0. The van der Waals surface area contributed by atoms with E-state index in [0.717, 1.165) is 18.8 Å². The second-order valence-electron chi connectivity index (χ2n) is 4.45. The predicted octanol–water partition coefficient (Wildman–Crippen LogP) is 3.41. The smallest absolute Gasteiger partial charge is 0.119 e. The maximum absolute atomic E-state index is 5.75. The Morgan fingerprint density at radius 3 is 2.41 bits per heavy atom. The molecule has 0 radical (unpaired) electrons. The van der Waals surface area contributed by atoms with Gasteiger partial charge in [-0.3, -0.25) is 0 Å². The van der Waals surface area contributed by atoms with Crippen LogP contribution in [0.3, 0.4) is 0 Å². The quantitative estimate of drug-likeness (QED) is 0.745. The lowest BCUT2D eigenvalue weighted by Crippen LogP contribution is -2.30. The average Bonchev–Trinajstić information content (AvgIpc) is 2.39. The first-order chi connectivity index (χ1) is 8.30. The molecular weight excluding hydrogens is 210 g/mol.